The molecule has 24 heavy (non-hydrogen) atoms. The highest BCUT2D eigenvalue weighted by molar-refractivity contribution is 9.10. The Bertz CT molecular complexity index is 699. The first kappa shape index (κ1) is 17.1. The highest BCUT2D eigenvalue weighted by atomic mass is 79.9. The van der Waals surface area contributed by atoms with Gasteiger partial charge in [-0.3, -0.25) is 9.69 Å². The van der Waals surface area contributed by atoms with Crippen molar-refractivity contribution in [3.63, 3.8) is 0 Å². The van der Waals surface area contributed by atoms with Crippen LogP contribution < -0.4 is 5.32 Å². The van der Waals surface area contributed by atoms with Crippen LogP contribution in [-0.4, -0.2) is 37.1 Å². The van der Waals surface area contributed by atoms with Crippen LogP contribution in [0.5, 0.6) is 0 Å². The number of halogens is 1. The molecule has 1 fully saturated rings. The quantitative estimate of drug-likeness (QED) is 0.854. The summed E-state index contributed by atoms with van der Waals surface area (Å²) in [6.45, 7) is 4.92. The maximum absolute atomic E-state index is 12.4. The number of amides is 1. The molecule has 2 aromatic carbocycles. The van der Waals surface area contributed by atoms with Crippen molar-refractivity contribution >= 4 is 21.8 Å². The fourth-order valence-electron chi connectivity index (χ4n) is 2.80. The lowest BCUT2D eigenvalue weighted by Crippen LogP contribution is -2.36. The minimum absolute atomic E-state index is 0.0661. The Morgan fingerprint density at radius 2 is 1.71 bits per heavy atom. The first-order chi connectivity index (χ1) is 11.7. The number of hydrogen-bond donors (Lipinski definition) is 1. The van der Waals surface area contributed by atoms with Crippen molar-refractivity contribution in [3.05, 3.63) is 69.7 Å². The zero-order valence-corrected chi connectivity index (χ0v) is 15.1. The SMILES string of the molecule is O=C(NCc1ccccc1CN1CCOCC1)c1ccccc1Br. The molecule has 5 heteroatoms. The van der Waals surface area contributed by atoms with E-state index in [0.29, 0.717) is 12.1 Å². The third-order valence-corrected chi connectivity index (χ3v) is 4.87. The van der Waals surface area contributed by atoms with Gasteiger partial charge in [-0.15, -0.1) is 0 Å². The Morgan fingerprint density at radius 3 is 2.46 bits per heavy atom. The molecule has 1 aliphatic heterocycles. The second-order valence-electron chi connectivity index (χ2n) is 5.82. The van der Waals surface area contributed by atoms with Crippen molar-refractivity contribution in [2.45, 2.75) is 13.1 Å². The zero-order valence-electron chi connectivity index (χ0n) is 13.5. The molecule has 0 saturated carbocycles. The molecule has 0 unspecified atom stereocenters. The molecular weight excluding hydrogens is 368 g/mol. The Kier molecular flexibility index (Phi) is 6.01. The number of ether oxygens (including phenoxy) is 1. The van der Waals surface area contributed by atoms with Gasteiger partial charge >= 0.3 is 0 Å². The molecule has 4 nitrogen and oxygen atoms in total. The number of carbonyl (C=O) groups excluding carboxylic acids is 1. The third kappa shape index (κ3) is 4.44. The molecule has 3 rings (SSSR count). The molecule has 1 saturated heterocycles. The van der Waals surface area contributed by atoms with Gasteiger partial charge in [-0.2, -0.15) is 0 Å². The van der Waals surface area contributed by atoms with Gasteiger partial charge in [-0.05, 0) is 39.2 Å². The van der Waals surface area contributed by atoms with E-state index in [0.717, 1.165) is 42.9 Å². The summed E-state index contributed by atoms with van der Waals surface area (Å²) in [4.78, 5) is 14.8. The lowest BCUT2D eigenvalue weighted by Gasteiger charge is -2.27. The van der Waals surface area contributed by atoms with Crippen LogP contribution in [0.4, 0.5) is 0 Å². The molecular formula is C19H21BrN2O2. The van der Waals surface area contributed by atoms with Crippen molar-refractivity contribution in [2.75, 3.05) is 26.3 Å². The number of nitrogens with one attached hydrogen (secondary N) is 1. The largest absolute Gasteiger partial charge is 0.379 e. The van der Waals surface area contributed by atoms with E-state index in [2.05, 4.69) is 44.3 Å². The fourth-order valence-corrected chi connectivity index (χ4v) is 3.27. The van der Waals surface area contributed by atoms with Crippen molar-refractivity contribution in [3.8, 4) is 0 Å². The monoisotopic (exact) mass is 388 g/mol. The van der Waals surface area contributed by atoms with E-state index >= 15 is 0 Å². The number of morpholine rings is 1. The molecule has 0 spiro atoms. The molecule has 1 heterocycles. The number of carbonyl (C=O) groups is 1. The van der Waals surface area contributed by atoms with E-state index < -0.39 is 0 Å². The van der Waals surface area contributed by atoms with Crippen LogP contribution in [0.25, 0.3) is 0 Å². The van der Waals surface area contributed by atoms with E-state index in [1.165, 1.54) is 5.56 Å². The second kappa shape index (κ2) is 8.42. The smallest absolute Gasteiger partial charge is 0.252 e. The Balaban J connectivity index is 1.64. The molecule has 1 aliphatic rings. The van der Waals surface area contributed by atoms with Gasteiger partial charge in [0.05, 0.1) is 18.8 Å². The normalized spacial score (nSPS) is 15.2. The van der Waals surface area contributed by atoms with Gasteiger partial charge < -0.3 is 10.1 Å². The molecule has 2 aromatic rings. The average Bonchev–Trinajstić information content (AvgIpc) is 2.62. The topological polar surface area (TPSA) is 41.6 Å². The summed E-state index contributed by atoms with van der Waals surface area (Å²) in [7, 11) is 0. The lowest BCUT2D eigenvalue weighted by molar-refractivity contribution is 0.0340. The summed E-state index contributed by atoms with van der Waals surface area (Å²) < 4.78 is 6.21. The summed E-state index contributed by atoms with van der Waals surface area (Å²) in [6, 6.07) is 15.7. The predicted octanol–water partition coefficient (Wildman–Crippen LogP) is 3.21. The van der Waals surface area contributed by atoms with Gasteiger partial charge in [0, 0.05) is 30.7 Å². The van der Waals surface area contributed by atoms with Crippen LogP contribution >= 0.6 is 15.9 Å². The van der Waals surface area contributed by atoms with E-state index in [4.69, 9.17) is 4.74 Å². The molecule has 0 aliphatic carbocycles. The molecule has 0 radical (unpaired) electrons. The van der Waals surface area contributed by atoms with Gasteiger partial charge in [-0.25, -0.2) is 0 Å². The maximum Gasteiger partial charge on any atom is 0.252 e. The Hall–Kier alpha value is -1.69. The molecule has 126 valence electrons. The minimum Gasteiger partial charge on any atom is -0.379 e. The first-order valence-electron chi connectivity index (χ1n) is 8.13. The number of hydrogen-bond acceptors (Lipinski definition) is 3. The van der Waals surface area contributed by atoms with E-state index in [1.807, 2.05) is 30.3 Å². The van der Waals surface area contributed by atoms with Crippen LogP contribution in [0.2, 0.25) is 0 Å². The summed E-state index contributed by atoms with van der Waals surface area (Å²) in [5.74, 6) is -0.0661. The van der Waals surface area contributed by atoms with Crippen LogP contribution in [0.3, 0.4) is 0 Å². The maximum atomic E-state index is 12.4. The first-order valence-corrected chi connectivity index (χ1v) is 8.93. The van der Waals surface area contributed by atoms with Crippen LogP contribution in [0.1, 0.15) is 21.5 Å². The van der Waals surface area contributed by atoms with Crippen LogP contribution in [0, 0.1) is 0 Å². The minimum atomic E-state index is -0.0661. The number of benzene rings is 2. The average molecular weight is 389 g/mol. The molecule has 0 bridgehead atoms. The lowest BCUT2D eigenvalue weighted by atomic mass is 10.1. The Morgan fingerprint density at radius 1 is 1.04 bits per heavy atom. The van der Waals surface area contributed by atoms with E-state index in [1.54, 1.807) is 0 Å². The van der Waals surface area contributed by atoms with Crippen molar-refractivity contribution in [1.82, 2.24) is 10.2 Å². The van der Waals surface area contributed by atoms with Gasteiger partial charge in [0.25, 0.3) is 5.91 Å². The summed E-state index contributed by atoms with van der Waals surface area (Å²) in [5, 5.41) is 3.02. The van der Waals surface area contributed by atoms with Gasteiger partial charge in [0.1, 0.15) is 0 Å². The van der Waals surface area contributed by atoms with Crippen LogP contribution in [0.15, 0.2) is 53.0 Å². The molecule has 1 amide bonds. The predicted molar refractivity (Wildman–Crippen MR) is 97.9 cm³/mol. The highest BCUT2D eigenvalue weighted by Crippen LogP contribution is 2.17. The summed E-state index contributed by atoms with van der Waals surface area (Å²) in [5.41, 5.74) is 3.07. The zero-order chi connectivity index (χ0) is 16.8. The second-order valence-corrected chi connectivity index (χ2v) is 6.67. The third-order valence-electron chi connectivity index (χ3n) is 4.17. The summed E-state index contributed by atoms with van der Waals surface area (Å²) >= 11 is 3.42. The number of nitrogens with zero attached hydrogens (tertiary/aromatic N) is 1. The molecule has 0 atom stereocenters. The Labute approximate surface area is 150 Å². The summed E-state index contributed by atoms with van der Waals surface area (Å²) in [6.07, 6.45) is 0. The van der Waals surface area contributed by atoms with Crippen molar-refractivity contribution in [2.24, 2.45) is 0 Å². The highest BCUT2D eigenvalue weighted by Gasteiger charge is 2.14. The fraction of sp³-hybridized carbons (Fsp3) is 0.316. The van der Waals surface area contributed by atoms with E-state index in [-0.39, 0.29) is 5.91 Å². The molecule has 1 N–H and O–H groups in total. The van der Waals surface area contributed by atoms with E-state index in [9.17, 15) is 4.79 Å². The van der Waals surface area contributed by atoms with Gasteiger partial charge in [0.15, 0.2) is 0 Å². The van der Waals surface area contributed by atoms with Crippen LogP contribution in [-0.2, 0) is 17.8 Å². The van der Waals surface area contributed by atoms with Crippen molar-refractivity contribution in [1.29, 1.82) is 0 Å². The number of rotatable bonds is 5. The standard InChI is InChI=1S/C19H21BrN2O2/c20-18-8-4-3-7-17(18)19(23)21-13-15-5-1-2-6-16(15)14-22-9-11-24-12-10-22/h1-8H,9-14H2,(H,21,23). The van der Waals surface area contributed by atoms with Gasteiger partial charge in [0.2, 0.25) is 0 Å². The molecule has 0 aromatic heterocycles. The van der Waals surface area contributed by atoms with Gasteiger partial charge in [-0.1, -0.05) is 36.4 Å². The van der Waals surface area contributed by atoms with Crippen molar-refractivity contribution < 1.29 is 9.53 Å².